The Kier molecular flexibility index (Phi) is 11.6. The summed E-state index contributed by atoms with van der Waals surface area (Å²) in [6.45, 7) is 6.65. The van der Waals surface area contributed by atoms with Gasteiger partial charge >= 0.3 is 6.09 Å². The van der Waals surface area contributed by atoms with Crippen molar-refractivity contribution in [1.82, 2.24) is 19.8 Å². The van der Waals surface area contributed by atoms with E-state index in [2.05, 4.69) is 15.6 Å². The smallest absolute Gasteiger partial charge is 0.409 e. The molecule has 1 heterocycles. The van der Waals surface area contributed by atoms with E-state index in [4.69, 9.17) is 4.74 Å². The van der Waals surface area contributed by atoms with Gasteiger partial charge < -0.3 is 20.3 Å². The average molecular weight is 567 g/mol. The van der Waals surface area contributed by atoms with Crippen molar-refractivity contribution in [3.8, 4) is 0 Å². The van der Waals surface area contributed by atoms with Gasteiger partial charge in [-0.1, -0.05) is 12.1 Å². The van der Waals surface area contributed by atoms with Crippen LogP contribution in [0, 0.1) is 0 Å². The second-order valence-electron chi connectivity index (χ2n) is 7.23. The molecule has 1 saturated heterocycles. The quantitative estimate of drug-likeness (QED) is 0.298. The zero-order valence-corrected chi connectivity index (χ0v) is 21.8. The van der Waals surface area contributed by atoms with Crippen LogP contribution in [0.5, 0.6) is 0 Å². The monoisotopic (exact) mass is 567 g/mol. The average Bonchev–Trinajstić information content (AvgIpc) is 2.73. The molecule has 1 amide bonds. The maximum Gasteiger partial charge on any atom is 0.409 e. The number of piperidine rings is 1. The number of nitrogens with zero attached hydrogens (tertiary/aromatic N) is 3. The van der Waals surface area contributed by atoms with Gasteiger partial charge in [0.25, 0.3) is 0 Å². The molecule has 0 spiro atoms. The third-order valence-electron chi connectivity index (χ3n) is 4.83. The highest BCUT2D eigenvalue weighted by Crippen LogP contribution is 2.15. The van der Waals surface area contributed by atoms with Gasteiger partial charge in [-0.15, -0.1) is 24.0 Å². The number of carbonyl (C=O) groups is 1. The van der Waals surface area contributed by atoms with Crippen LogP contribution in [0.2, 0.25) is 0 Å². The molecule has 0 aliphatic carbocycles. The summed E-state index contributed by atoms with van der Waals surface area (Å²) in [4.78, 5) is 18.4. The molecule has 0 atom stereocenters. The Hall–Kier alpha value is -1.60. The number of amides is 1. The minimum Gasteiger partial charge on any atom is -0.450 e. The highest BCUT2D eigenvalue weighted by atomic mass is 127. The summed E-state index contributed by atoms with van der Waals surface area (Å²) in [5.74, 6) is 0.706. The first-order valence-corrected chi connectivity index (χ1v) is 11.7. The topological polar surface area (TPSA) is 103 Å². The van der Waals surface area contributed by atoms with E-state index >= 15 is 0 Å². The van der Waals surface area contributed by atoms with Crippen molar-refractivity contribution in [3.05, 3.63) is 29.8 Å². The molecule has 0 aromatic heterocycles. The van der Waals surface area contributed by atoms with Crippen LogP contribution in [0.1, 0.15) is 32.3 Å². The molecule has 0 saturated carbocycles. The minimum atomic E-state index is -3.43. The number of guanidine groups is 1. The van der Waals surface area contributed by atoms with Gasteiger partial charge in [-0.25, -0.2) is 22.5 Å². The lowest BCUT2D eigenvalue weighted by molar-refractivity contribution is 0.0963. The van der Waals surface area contributed by atoms with Gasteiger partial charge in [-0.3, -0.25) is 0 Å². The Balaban J connectivity index is 0.00000480. The first-order valence-electron chi connectivity index (χ1n) is 10.3. The predicted molar refractivity (Wildman–Crippen MR) is 132 cm³/mol. The molecule has 1 aliphatic rings. The minimum absolute atomic E-state index is 0. The summed E-state index contributed by atoms with van der Waals surface area (Å²) in [5, 5.41) is 6.66. The standard InChI is InChI=1S/C20H33N5O4S.HI/c1-5-21-19(23-17-11-13-25(14-12-17)20(26)29-6-2)22-15-16-7-9-18(10-8-16)30(27,28)24(3)4;/h7-10,17H,5-6,11-15H2,1-4H3,(H2,21,22,23);1H. The Morgan fingerprint density at radius 2 is 1.81 bits per heavy atom. The van der Waals surface area contributed by atoms with Crippen LogP contribution in [0.3, 0.4) is 0 Å². The molecule has 1 aromatic carbocycles. The molecule has 1 aliphatic heterocycles. The summed E-state index contributed by atoms with van der Waals surface area (Å²) in [5.41, 5.74) is 0.919. The lowest BCUT2D eigenvalue weighted by atomic mass is 10.1. The van der Waals surface area contributed by atoms with E-state index in [1.165, 1.54) is 18.4 Å². The Bertz CT molecular complexity index is 822. The molecule has 2 N–H and O–H groups in total. The number of likely N-dealkylation sites (tertiary alicyclic amines) is 1. The number of rotatable bonds is 7. The maximum atomic E-state index is 12.2. The number of carbonyl (C=O) groups excluding carboxylic acids is 1. The van der Waals surface area contributed by atoms with E-state index in [1.807, 2.05) is 6.92 Å². The fraction of sp³-hybridized carbons (Fsp3) is 0.600. The first-order chi connectivity index (χ1) is 14.3. The van der Waals surface area contributed by atoms with Gasteiger partial charge in [0.05, 0.1) is 18.0 Å². The van der Waals surface area contributed by atoms with E-state index in [0.717, 1.165) is 24.9 Å². The third-order valence-corrected chi connectivity index (χ3v) is 6.66. The largest absolute Gasteiger partial charge is 0.450 e. The molecular formula is C20H34IN5O4S. The summed E-state index contributed by atoms with van der Waals surface area (Å²) < 4.78 is 30.6. The lowest BCUT2D eigenvalue weighted by Crippen LogP contribution is -2.49. The van der Waals surface area contributed by atoms with Crippen molar-refractivity contribution in [3.63, 3.8) is 0 Å². The number of ether oxygens (including phenoxy) is 1. The molecule has 2 rings (SSSR count). The Morgan fingerprint density at radius 1 is 1.19 bits per heavy atom. The van der Waals surface area contributed by atoms with Crippen LogP contribution >= 0.6 is 24.0 Å². The van der Waals surface area contributed by atoms with E-state index in [0.29, 0.717) is 32.2 Å². The Morgan fingerprint density at radius 3 is 2.32 bits per heavy atom. The van der Waals surface area contributed by atoms with Crippen molar-refractivity contribution in [2.24, 2.45) is 4.99 Å². The summed E-state index contributed by atoms with van der Waals surface area (Å²) in [7, 11) is -0.405. The fourth-order valence-electron chi connectivity index (χ4n) is 3.08. The Labute approximate surface area is 202 Å². The van der Waals surface area contributed by atoms with Crippen molar-refractivity contribution < 1.29 is 17.9 Å². The van der Waals surface area contributed by atoms with E-state index < -0.39 is 10.0 Å². The van der Waals surface area contributed by atoms with Crippen LogP contribution in [-0.4, -0.2) is 76.1 Å². The van der Waals surface area contributed by atoms with E-state index in [1.54, 1.807) is 36.1 Å². The molecule has 0 unspecified atom stereocenters. The highest BCUT2D eigenvalue weighted by molar-refractivity contribution is 14.0. The molecule has 9 nitrogen and oxygen atoms in total. The number of halogens is 1. The molecule has 0 bridgehead atoms. The molecule has 31 heavy (non-hydrogen) atoms. The molecule has 0 radical (unpaired) electrons. The zero-order valence-electron chi connectivity index (χ0n) is 18.6. The van der Waals surface area contributed by atoms with Crippen LogP contribution in [0.4, 0.5) is 4.79 Å². The van der Waals surface area contributed by atoms with E-state index in [9.17, 15) is 13.2 Å². The van der Waals surface area contributed by atoms with Crippen molar-refractivity contribution in [1.29, 1.82) is 0 Å². The second-order valence-corrected chi connectivity index (χ2v) is 9.38. The fourth-order valence-corrected chi connectivity index (χ4v) is 3.98. The SMILES string of the molecule is CCNC(=NCc1ccc(S(=O)(=O)N(C)C)cc1)NC1CCN(C(=O)OCC)CC1.I. The third kappa shape index (κ3) is 8.11. The van der Waals surface area contributed by atoms with Gasteiger partial charge in [-0.2, -0.15) is 0 Å². The first kappa shape index (κ1) is 27.4. The number of nitrogens with one attached hydrogen (secondary N) is 2. The van der Waals surface area contributed by atoms with Crippen LogP contribution < -0.4 is 10.6 Å². The highest BCUT2D eigenvalue weighted by Gasteiger charge is 2.24. The van der Waals surface area contributed by atoms with Gasteiger partial charge in [0.15, 0.2) is 5.96 Å². The number of hydrogen-bond acceptors (Lipinski definition) is 5. The molecular weight excluding hydrogens is 533 g/mol. The summed E-state index contributed by atoms with van der Waals surface area (Å²) in [6.07, 6.45) is 1.39. The predicted octanol–water partition coefficient (Wildman–Crippen LogP) is 2.23. The summed E-state index contributed by atoms with van der Waals surface area (Å²) >= 11 is 0. The lowest BCUT2D eigenvalue weighted by Gasteiger charge is -2.32. The van der Waals surface area contributed by atoms with E-state index in [-0.39, 0.29) is 41.0 Å². The second kappa shape index (κ2) is 13.1. The van der Waals surface area contributed by atoms with Gasteiger partial charge in [-0.05, 0) is 44.4 Å². The van der Waals surface area contributed by atoms with Crippen LogP contribution in [-0.2, 0) is 21.3 Å². The van der Waals surface area contributed by atoms with Crippen molar-refractivity contribution in [2.75, 3.05) is 40.3 Å². The van der Waals surface area contributed by atoms with Crippen LogP contribution in [0.25, 0.3) is 0 Å². The maximum absolute atomic E-state index is 12.2. The normalized spacial score (nSPS) is 15.4. The van der Waals surface area contributed by atoms with Crippen LogP contribution in [0.15, 0.2) is 34.2 Å². The molecule has 1 fully saturated rings. The van der Waals surface area contributed by atoms with Crippen molar-refractivity contribution in [2.45, 2.75) is 44.2 Å². The molecule has 1 aromatic rings. The summed E-state index contributed by atoms with van der Waals surface area (Å²) in [6, 6.07) is 6.99. The number of benzene rings is 1. The number of hydrogen-bond donors (Lipinski definition) is 2. The number of aliphatic imine (C=N–C) groups is 1. The van der Waals surface area contributed by atoms with Crippen molar-refractivity contribution >= 4 is 46.1 Å². The molecule has 11 heteroatoms. The van der Waals surface area contributed by atoms with Gasteiger partial charge in [0.1, 0.15) is 0 Å². The number of sulfonamides is 1. The zero-order chi connectivity index (χ0) is 22.1. The molecule has 176 valence electrons. The van der Waals surface area contributed by atoms with Gasteiger partial charge in [0, 0.05) is 39.8 Å². The van der Waals surface area contributed by atoms with Gasteiger partial charge in [0.2, 0.25) is 10.0 Å².